The molecule has 0 bridgehead atoms. The summed E-state index contributed by atoms with van der Waals surface area (Å²) >= 11 is 0. The Hall–Kier alpha value is -4.56. The molecule has 2 amide bonds. The van der Waals surface area contributed by atoms with Crippen molar-refractivity contribution in [1.82, 2.24) is 4.90 Å². The Bertz CT molecular complexity index is 1840. The summed E-state index contributed by atoms with van der Waals surface area (Å²) in [5.41, 5.74) is 0.0134. The molecule has 0 aromatic heterocycles. The van der Waals surface area contributed by atoms with Crippen LogP contribution in [-0.2, 0) is 23.3 Å². The minimum atomic E-state index is -5.13. The van der Waals surface area contributed by atoms with Gasteiger partial charge in [-0.15, -0.1) is 0 Å². The lowest BCUT2D eigenvalue weighted by Gasteiger charge is -2.35. The molecule has 1 fully saturated rings. The van der Waals surface area contributed by atoms with E-state index in [4.69, 9.17) is 10.5 Å². The van der Waals surface area contributed by atoms with Crippen LogP contribution in [0.5, 0.6) is 0 Å². The molecular formula is C35H30F10N2O3. The van der Waals surface area contributed by atoms with E-state index in [0.717, 1.165) is 29.2 Å². The smallest absolute Gasteiger partial charge is 0.417 e. The van der Waals surface area contributed by atoms with Crippen molar-refractivity contribution in [3.8, 4) is 11.1 Å². The molecule has 2 N–H and O–H groups in total. The number of cyclic esters (lactones) is 1. The molecule has 0 spiro atoms. The van der Waals surface area contributed by atoms with Gasteiger partial charge in [-0.1, -0.05) is 26.0 Å². The van der Waals surface area contributed by atoms with Gasteiger partial charge in [0, 0.05) is 17.7 Å². The third-order valence-corrected chi connectivity index (χ3v) is 9.07. The lowest BCUT2D eigenvalue weighted by atomic mass is 9.72. The fourth-order valence-corrected chi connectivity index (χ4v) is 6.51. The van der Waals surface area contributed by atoms with E-state index in [9.17, 15) is 49.1 Å². The fraction of sp³-hybridized carbons (Fsp3) is 0.371. The second kappa shape index (κ2) is 12.6. The number of benzene rings is 3. The molecule has 1 unspecified atom stereocenters. The first kappa shape index (κ1) is 36.7. The van der Waals surface area contributed by atoms with E-state index in [1.54, 1.807) is 0 Å². The van der Waals surface area contributed by atoms with Crippen LogP contribution in [0.4, 0.5) is 48.7 Å². The highest BCUT2D eigenvalue weighted by Gasteiger charge is 2.44. The Morgan fingerprint density at radius 2 is 1.50 bits per heavy atom. The number of amides is 2. The van der Waals surface area contributed by atoms with Crippen LogP contribution >= 0.6 is 0 Å². The molecule has 1 aliphatic carbocycles. The van der Waals surface area contributed by atoms with Crippen LogP contribution in [-0.4, -0.2) is 29.5 Å². The van der Waals surface area contributed by atoms with Gasteiger partial charge in [0.1, 0.15) is 11.9 Å². The number of halogens is 10. The summed E-state index contributed by atoms with van der Waals surface area (Å²) in [6, 6.07) is 6.03. The molecule has 0 radical (unpaired) electrons. The van der Waals surface area contributed by atoms with Crippen molar-refractivity contribution < 1.29 is 58.2 Å². The van der Waals surface area contributed by atoms with Gasteiger partial charge in [0.2, 0.25) is 5.91 Å². The van der Waals surface area contributed by atoms with Crippen LogP contribution in [0.1, 0.15) is 84.3 Å². The van der Waals surface area contributed by atoms with Crippen LogP contribution in [0.15, 0.2) is 60.2 Å². The first-order valence-corrected chi connectivity index (χ1v) is 15.2. The van der Waals surface area contributed by atoms with Crippen LogP contribution in [0.25, 0.3) is 16.7 Å². The number of carbonyl (C=O) groups is 2. The summed E-state index contributed by atoms with van der Waals surface area (Å²) in [7, 11) is 0. The number of alkyl halides is 9. The first-order valence-electron chi connectivity index (χ1n) is 15.2. The third-order valence-electron chi connectivity index (χ3n) is 9.07. The van der Waals surface area contributed by atoms with Gasteiger partial charge >= 0.3 is 24.6 Å². The normalized spacial score (nSPS) is 19.9. The standard InChI is InChI=1S/C35H30F10N2O3/c1-17-29(20-10-22(33(37,38)39)14-23(11-20)34(40,41)42)50-31(49)47(17)16-21-15-32(2,3)9-8-24(21)26-12-18(5-7-28(26)36)25-6-4-19(30(46)48)13-27(25)35(43,44)45/h4-7,10-14,17,29H,8-9,15-16H2,1-3H3,(H2,46,48)/t17?,29-/m0/s1. The van der Waals surface area contributed by atoms with Gasteiger partial charge < -0.3 is 10.5 Å². The maximum Gasteiger partial charge on any atom is 0.417 e. The van der Waals surface area contributed by atoms with E-state index < -0.39 is 76.2 Å². The second-order valence-corrected chi connectivity index (χ2v) is 13.3. The van der Waals surface area contributed by atoms with Gasteiger partial charge in [-0.05, 0) is 102 Å². The van der Waals surface area contributed by atoms with Crippen LogP contribution < -0.4 is 5.73 Å². The van der Waals surface area contributed by atoms with Crippen molar-refractivity contribution in [3.63, 3.8) is 0 Å². The molecule has 50 heavy (non-hydrogen) atoms. The SMILES string of the molecule is CC1[C@@H](c2cc(C(F)(F)F)cc(C(F)(F)F)c2)OC(=O)N1CC1=C(c2cc(-c3ccc(C(N)=O)cc3C(F)(F)F)ccc2F)CCC(C)(C)C1. The highest BCUT2D eigenvalue weighted by atomic mass is 19.4. The van der Waals surface area contributed by atoms with Gasteiger partial charge in [0.25, 0.3) is 0 Å². The van der Waals surface area contributed by atoms with E-state index >= 15 is 4.39 Å². The van der Waals surface area contributed by atoms with E-state index in [-0.39, 0.29) is 47.7 Å². The van der Waals surface area contributed by atoms with Crippen molar-refractivity contribution in [1.29, 1.82) is 0 Å². The predicted octanol–water partition coefficient (Wildman–Crippen LogP) is 10.2. The molecule has 3 aromatic carbocycles. The van der Waals surface area contributed by atoms with Crippen molar-refractivity contribution in [2.45, 2.75) is 70.7 Å². The van der Waals surface area contributed by atoms with Gasteiger partial charge in [-0.25, -0.2) is 9.18 Å². The number of ether oxygens (including phenoxy) is 1. The number of nitrogens with zero attached hydrogens (tertiary/aromatic N) is 1. The van der Waals surface area contributed by atoms with Crippen molar-refractivity contribution in [3.05, 3.63) is 99.4 Å². The molecule has 3 aromatic rings. The molecule has 5 nitrogen and oxygen atoms in total. The number of hydrogen-bond donors (Lipinski definition) is 1. The van der Waals surface area contributed by atoms with Crippen molar-refractivity contribution in [2.24, 2.45) is 11.1 Å². The summed E-state index contributed by atoms with van der Waals surface area (Å²) < 4.78 is 144. The first-order chi connectivity index (χ1) is 23.0. The Morgan fingerprint density at radius 1 is 0.880 bits per heavy atom. The molecule has 2 aliphatic rings. The highest BCUT2D eigenvalue weighted by Crippen LogP contribution is 2.47. The third kappa shape index (κ3) is 7.46. The summed E-state index contributed by atoms with van der Waals surface area (Å²) in [6.45, 7) is 4.96. The number of hydrogen-bond acceptors (Lipinski definition) is 3. The van der Waals surface area contributed by atoms with E-state index in [0.29, 0.717) is 35.8 Å². The summed E-state index contributed by atoms with van der Waals surface area (Å²) in [6.07, 6.45) is -16.7. The average Bonchev–Trinajstić information content (AvgIpc) is 3.28. The van der Waals surface area contributed by atoms with Gasteiger partial charge in [0.15, 0.2) is 0 Å². The average molecular weight is 717 g/mol. The highest BCUT2D eigenvalue weighted by molar-refractivity contribution is 5.94. The molecule has 2 atom stereocenters. The van der Waals surface area contributed by atoms with Gasteiger partial charge in [-0.3, -0.25) is 9.69 Å². The van der Waals surface area contributed by atoms with Crippen LogP contribution in [0.3, 0.4) is 0 Å². The largest absolute Gasteiger partial charge is 0.439 e. The Morgan fingerprint density at radius 3 is 2.06 bits per heavy atom. The number of carbonyl (C=O) groups excluding carboxylic acids is 2. The number of rotatable bonds is 6. The maximum atomic E-state index is 15.6. The lowest BCUT2D eigenvalue weighted by Crippen LogP contribution is -2.35. The Kier molecular flexibility index (Phi) is 9.28. The fourth-order valence-electron chi connectivity index (χ4n) is 6.51. The summed E-state index contributed by atoms with van der Waals surface area (Å²) in [5.74, 6) is -1.85. The molecular weight excluding hydrogens is 686 g/mol. The van der Waals surface area contributed by atoms with E-state index in [2.05, 4.69) is 0 Å². The molecule has 1 saturated heterocycles. The van der Waals surface area contributed by atoms with Crippen LogP contribution in [0, 0.1) is 11.2 Å². The van der Waals surface area contributed by atoms with Crippen LogP contribution in [0.2, 0.25) is 0 Å². The minimum absolute atomic E-state index is 0.0274. The molecule has 15 heteroatoms. The summed E-state index contributed by atoms with van der Waals surface area (Å²) in [5, 5.41) is 0. The van der Waals surface area contributed by atoms with Gasteiger partial charge in [0.05, 0.1) is 22.7 Å². The molecule has 5 rings (SSSR count). The zero-order valence-electron chi connectivity index (χ0n) is 26.7. The lowest BCUT2D eigenvalue weighted by molar-refractivity contribution is -0.143. The zero-order valence-corrected chi connectivity index (χ0v) is 26.7. The number of allylic oxidation sites excluding steroid dienone is 1. The van der Waals surface area contributed by atoms with E-state index in [1.165, 1.54) is 13.0 Å². The van der Waals surface area contributed by atoms with Crippen molar-refractivity contribution in [2.75, 3.05) is 6.54 Å². The quantitative estimate of drug-likeness (QED) is 0.258. The van der Waals surface area contributed by atoms with Crippen molar-refractivity contribution >= 4 is 17.6 Å². The summed E-state index contributed by atoms with van der Waals surface area (Å²) in [4.78, 5) is 25.9. The molecule has 268 valence electrons. The van der Waals surface area contributed by atoms with E-state index in [1.807, 2.05) is 13.8 Å². The Balaban J connectivity index is 1.56. The zero-order chi connectivity index (χ0) is 37.1. The molecule has 0 saturated carbocycles. The number of nitrogens with two attached hydrogens (primary N) is 1. The topological polar surface area (TPSA) is 72.6 Å². The molecule has 1 aliphatic heterocycles. The van der Waals surface area contributed by atoms with Gasteiger partial charge in [-0.2, -0.15) is 39.5 Å². The maximum absolute atomic E-state index is 15.6. The number of primary amides is 1. The molecule has 1 heterocycles. The minimum Gasteiger partial charge on any atom is -0.439 e. The second-order valence-electron chi connectivity index (χ2n) is 13.3. The monoisotopic (exact) mass is 716 g/mol. The Labute approximate surface area is 279 Å². The predicted molar refractivity (Wildman–Crippen MR) is 162 cm³/mol.